The number of fused-ring (bicyclic) bond motifs is 1. The number of anilines is 1. The van der Waals surface area contributed by atoms with Crippen molar-refractivity contribution >= 4 is 17.5 Å². The number of amides is 2. The zero-order valence-corrected chi connectivity index (χ0v) is 13.4. The van der Waals surface area contributed by atoms with Crippen LogP contribution in [0.3, 0.4) is 0 Å². The fourth-order valence-corrected chi connectivity index (χ4v) is 2.59. The highest BCUT2D eigenvalue weighted by molar-refractivity contribution is 5.94. The fraction of sp³-hybridized carbons (Fsp3) is 0.529. The maximum atomic E-state index is 12.2. The summed E-state index contributed by atoms with van der Waals surface area (Å²) >= 11 is 0. The molecule has 2 rings (SSSR count). The molecule has 5 heteroatoms. The number of carbonyl (C=O) groups is 2. The molecule has 0 aromatic heterocycles. The first-order chi connectivity index (χ1) is 10.6. The molecule has 22 heavy (non-hydrogen) atoms. The van der Waals surface area contributed by atoms with Gasteiger partial charge in [0.25, 0.3) is 5.91 Å². The van der Waals surface area contributed by atoms with Crippen molar-refractivity contribution in [1.82, 2.24) is 4.90 Å². The lowest BCUT2D eigenvalue weighted by Crippen LogP contribution is -2.36. The van der Waals surface area contributed by atoms with Crippen molar-refractivity contribution in [3.05, 3.63) is 23.8 Å². The fourth-order valence-electron chi connectivity index (χ4n) is 2.59. The number of aryl methyl sites for hydroxylation is 1. The Bertz CT molecular complexity index is 537. The van der Waals surface area contributed by atoms with Gasteiger partial charge in [0.1, 0.15) is 5.75 Å². The van der Waals surface area contributed by atoms with E-state index in [1.54, 1.807) is 6.07 Å². The zero-order chi connectivity index (χ0) is 15.9. The van der Waals surface area contributed by atoms with Gasteiger partial charge in [0.2, 0.25) is 5.91 Å². The third kappa shape index (κ3) is 4.23. The van der Waals surface area contributed by atoms with Crippen LogP contribution in [0.4, 0.5) is 5.69 Å². The minimum absolute atomic E-state index is 0.0229. The van der Waals surface area contributed by atoms with Crippen LogP contribution >= 0.6 is 0 Å². The predicted molar refractivity (Wildman–Crippen MR) is 86.0 cm³/mol. The molecule has 0 unspecified atom stereocenters. The SMILES string of the molecule is CCCN(CCC)C(=O)COc1ccc2c(c1)CCC(=O)N2. The van der Waals surface area contributed by atoms with Crippen LogP contribution < -0.4 is 10.1 Å². The lowest BCUT2D eigenvalue weighted by atomic mass is 10.0. The molecule has 0 bridgehead atoms. The molecule has 5 nitrogen and oxygen atoms in total. The molecule has 0 radical (unpaired) electrons. The number of carbonyl (C=O) groups excluding carboxylic acids is 2. The van der Waals surface area contributed by atoms with Crippen LogP contribution in [0.5, 0.6) is 5.75 Å². The summed E-state index contributed by atoms with van der Waals surface area (Å²) in [6, 6.07) is 5.54. The van der Waals surface area contributed by atoms with Gasteiger partial charge in [-0.3, -0.25) is 9.59 Å². The Morgan fingerprint density at radius 3 is 2.64 bits per heavy atom. The van der Waals surface area contributed by atoms with Gasteiger partial charge < -0.3 is 15.0 Å². The Balaban J connectivity index is 1.93. The van der Waals surface area contributed by atoms with Crippen LogP contribution in [0.2, 0.25) is 0 Å². The van der Waals surface area contributed by atoms with Gasteiger partial charge in [-0.1, -0.05) is 13.8 Å². The monoisotopic (exact) mass is 304 g/mol. The van der Waals surface area contributed by atoms with Crippen molar-refractivity contribution in [2.75, 3.05) is 25.0 Å². The molecule has 1 N–H and O–H groups in total. The van der Waals surface area contributed by atoms with Crippen molar-refractivity contribution < 1.29 is 14.3 Å². The number of nitrogens with one attached hydrogen (secondary N) is 1. The molecule has 1 aliphatic rings. The number of hydrogen-bond donors (Lipinski definition) is 1. The molecule has 1 heterocycles. The van der Waals surface area contributed by atoms with Gasteiger partial charge >= 0.3 is 0 Å². The molecule has 120 valence electrons. The standard InChI is InChI=1S/C17H24N2O3/c1-3-9-19(10-4-2)17(21)12-22-14-6-7-15-13(11-14)5-8-16(20)18-15/h6-7,11H,3-5,8-10,12H2,1-2H3,(H,18,20). The largest absolute Gasteiger partial charge is 0.484 e. The third-order valence-electron chi connectivity index (χ3n) is 3.67. The van der Waals surface area contributed by atoms with Gasteiger partial charge in [0, 0.05) is 25.2 Å². The molecular formula is C17H24N2O3. The van der Waals surface area contributed by atoms with E-state index >= 15 is 0 Å². The molecule has 0 atom stereocenters. The number of nitrogens with zero attached hydrogens (tertiary/aromatic N) is 1. The zero-order valence-electron chi connectivity index (χ0n) is 13.4. The maximum Gasteiger partial charge on any atom is 0.260 e. The highest BCUT2D eigenvalue weighted by Crippen LogP contribution is 2.26. The molecule has 1 aromatic rings. The van der Waals surface area contributed by atoms with Gasteiger partial charge in [-0.2, -0.15) is 0 Å². The van der Waals surface area contributed by atoms with Gasteiger partial charge in [-0.15, -0.1) is 0 Å². The third-order valence-corrected chi connectivity index (χ3v) is 3.67. The Morgan fingerprint density at radius 1 is 1.23 bits per heavy atom. The first-order valence-electron chi connectivity index (χ1n) is 7.97. The van der Waals surface area contributed by atoms with Crippen molar-refractivity contribution in [1.29, 1.82) is 0 Å². The number of rotatable bonds is 7. The normalized spacial score (nSPS) is 13.3. The lowest BCUT2D eigenvalue weighted by Gasteiger charge is -2.22. The van der Waals surface area contributed by atoms with Crippen LogP contribution in [-0.2, 0) is 16.0 Å². The topological polar surface area (TPSA) is 58.6 Å². The van der Waals surface area contributed by atoms with E-state index in [0.717, 1.165) is 37.2 Å². The van der Waals surface area contributed by atoms with Crippen LogP contribution in [0.1, 0.15) is 38.7 Å². The summed E-state index contributed by atoms with van der Waals surface area (Å²) < 4.78 is 5.63. The van der Waals surface area contributed by atoms with Gasteiger partial charge in [-0.05, 0) is 43.0 Å². The first kappa shape index (κ1) is 16.3. The predicted octanol–water partition coefficient (Wildman–Crippen LogP) is 2.60. The summed E-state index contributed by atoms with van der Waals surface area (Å²) in [5.41, 5.74) is 1.90. The lowest BCUT2D eigenvalue weighted by molar-refractivity contribution is -0.133. The summed E-state index contributed by atoms with van der Waals surface area (Å²) in [6.45, 7) is 5.73. The summed E-state index contributed by atoms with van der Waals surface area (Å²) in [5, 5.41) is 2.83. The molecule has 2 amide bonds. The van der Waals surface area contributed by atoms with Gasteiger partial charge in [0.05, 0.1) is 0 Å². The molecule has 1 aliphatic heterocycles. The summed E-state index contributed by atoms with van der Waals surface area (Å²) in [7, 11) is 0. The Morgan fingerprint density at radius 2 is 1.95 bits per heavy atom. The average molecular weight is 304 g/mol. The summed E-state index contributed by atoms with van der Waals surface area (Å²) in [5.74, 6) is 0.747. The van der Waals surface area contributed by atoms with E-state index < -0.39 is 0 Å². The van der Waals surface area contributed by atoms with E-state index in [4.69, 9.17) is 4.74 Å². The number of ether oxygens (including phenoxy) is 1. The van der Waals surface area contributed by atoms with Crippen LogP contribution in [0.25, 0.3) is 0 Å². The van der Waals surface area contributed by atoms with Crippen molar-refractivity contribution in [3.8, 4) is 5.75 Å². The Hall–Kier alpha value is -2.04. The van der Waals surface area contributed by atoms with Gasteiger partial charge in [-0.25, -0.2) is 0 Å². The Kier molecular flexibility index (Phi) is 5.81. The molecule has 0 saturated heterocycles. The summed E-state index contributed by atoms with van der Waals surface area (Å²) in [4.78, 5) is 25.3. The number of hydrogen-bond acceptors (Lipinski definition) is 3. The van der Waals surface area contributed by atoms with Gasteiger partial charge in [0.15, 0.2) is 6.61 Å². The molecule has 0 fully saturated rings. The van der Waals surface area contributed by atoms with Crippen LogP contribution in [0.15, 0.2) is 18.2 Å². The first-order valence-corrected chi connectivity index (χ1v) is 7.97. The van der Waals surface area contributed by atoms with Crippen molar-refractivity contribution in [3.63, 3.8) is 0 Å². The minimum atomic E-state index is 0.0229. The number of benzene rings is 1. The second-order valence-corrected chi connectivity index (χ2v) is 5.54. The molecule has 0 spiro atoms. The van der Waals surface area contributed by atoms with Crippen LogP contribution in [-0.4, -0.2) is 36.4 Å². The van der Waals surface area contributed by atoms with E-state index in [-0.39, 0.29) is 18.4 Å². The average Bonchev–Trinajstić information content (AvgIpc) is 2.52. The highest BCUT2D eigenvalue weighted by Gasteiger charge is 2.16. The second-order valence-electron chi connectivity index (χ2n) is 5.54. The molecule has 0 aliphatic carbocycles. The van der Waals surface area contributed by atoms with E-state index in [9.17, 15) is 9.59 Å². The van der Waals surface area contributed by atoms with Crippen molar-refractivity contribution in [2.45, 2.75) is 39.5 Å². The van der Waals surface area contributed by atoms with Crippen molar-refractivity contribution in [2.24, 2.45) is 0 Å². The molecule has 0 saturated carbocycles. The molecule has 1 aromatic carbocycles. The maximum absolute atomic E-state index is 12.2. The van der Waals surface area contributed by atoms with E-state index in [2.05, 4.69) is 19.2 Å². The van der Waals surface area contributed by atoms with Crippen LogP contribution in [0, 0.1) is 0 Å². The van der Waals surface area contributed by atoms with E-state index in [1.165, 1.54) is 0 Å². The summed E-state index contributed by atoms with van der Waals surface area (Å²) in [6.07, 6.45) is 3.11. The quantitative estimate of drug-likeness (QED) is 0.842. The van der Waals surface area contributed by atoms with E-state index in [0.29, 0.717) is 18.6 Å². The smallest absolute Gasteiger partial charge is 0.260 e. The highest BCUT2D eigenvalue weighted by atomic mass is 16.5. The Labute approximate surface area is 131 Å². The van der Waals surface area contributed by atoms with E-state index in [1.807, 2.05) is 17.0 Å². The second kappa shape index (κ2) is 7.82. The molecular weight excluding hydrogens is 280 g/mol. The minimum Gasteiger partial charge on any atom is -0.484 e.